The van der Waals surface area contributed by atoms with Crippen LogP contribution in [0, 0.1) is 0 Å². The lowest BCUT2D eigenvalue weighted by Gasteiger charge is -2.29. The first-order valence-electron chi connectivity index (χ1n) is 7.05. The van der Waals surface area contributed by atoms with E-state index >= 15 is 0 Å². The number of aliphatic hydroxyl groups is 1. The second-order valence-electron chi connectivity index (χ2n) is 5.58. The highest BCUT2D eigenvalue weighted by Gasteiger charge is 2.12. The van der Waals surface area contributed by atoms with Crippen molar-refractivity contribution in [3.63, 3.8) is 0 Å². The molecule has 0 saturated carbocycles. The molecular formula is C14H32NO+. The quantitative estimate of drug-likeness (QED) is 0.427. The van der Waals surface area contributed by atoms with Gasteiger partial charge in [-0.3, -0.25) is 0 Å². The average molecular weight is 230 g/mol. The van der Waals surface area contributed by atoms with E-state index in [4.69, 9.17) is 5.11 Å². The Bertz CT molecular complexity index is 146. The maximum absolute atomic E-state index is 8.67. The van der Waals surface area contributed by atoms with Gasteiger partial charge < -0.3 is 9.59 Å². The summed E-state index contributed by atoms with van der Waals surface area (Å²) >= 11 is 0. The van der Waals surface area contributed by atoms with E-state index in [9.17, 15) is 0 Å². The Labute approximate surface area is 102 Å². The third-order valence-corrected chi connectivity index (χ3v) is 3.29. The molecule has 2 nitrogen and oxygen atoms in total. The molecule has 0 bridgehead atoms. The average Bonchev–Trinajstić information content (AvgIpc) is 2.23. The maximum Gasteiger partial charge on any atom is 0.0782 e. The molecule has 0 aromatic carbocycles. The van der Waals surface area contributed by atoms with Gasteiger partial charge in [0.05, 0.1) is 27.2 Å². The summed E-state index contributed by atoms with van der Waals surface area (Å²) < 4.78 is 1.18. The minimum atomic E-state index is 0.360. The molecule has 0 fully saturated rings. The highest BCUT2D eigenvalue weighted by Crippen LogP contribution is 2.09. The largest absolute Gasteiger partial charge is 0.396 e. The number of rotatable bonds is 11. The molecule has 0 aliphatic rings. The maximum atomic E-state index is 8.67. The Balaban J connectivity index is 3.35. The van der Waals surface area contributed by atoms with Crippen LogP contribution in [-0.2, 0) is 0 Å². The molecule has 0 saturated heterocycles. The molecule has 0 aromatic heterocycles. The third kappa shape index (κ3) is 10.4. The molecule has 0 atom stereocenters. The van der Waals surface area contributed by atoms with Crippen LogP contribution in [0.2, 0.25) is 0 Å². The molecule has 1 N–H and O–H groups in total. The van der Waals surface area contributed by atoms with Crippen LogP contribution in [-0.4, -0.2) is 43.4 Å². The van der Waals surface area contributed by atoms with Gasteiger partial charge in [-0.1, -0.05) is 26.2 Å². The summed E-state index contributed by atoms with van der Waals surface area (Å²) in [6.07, 6.45) is 10.2. The monoisotopic (exact) mass is 230 g/mol. The van der Waals surface area contributed by atoms with E-state index in [0.29, 0.717) is 6.61 Å². The van der Waals surface area contributed by atoms with Crippen molar-refractivity contribution in [2.45, 2.75) is 58.3 Å². The van der Waals surface area contributed by atoms with E-state index in [1.54, 1.807) is 0 Å². The van der Waals surface area contributed by atoms with Crippen LogP contribution in [0.4, 0.5) is 0 Å². The van der Waals surface area contributed by atoms with E-state index in [-0.39, 0.29) is 0 Å². The van der Waals surface area contributed by atoms with Gasteiger partial charge in [0.15, 0.2) is 0 Å². The van der Waals surface area contributed by atoms with Crippen molar-refractivity contribution in [1.29, 1.82) is 0 Å². The zero-order chi connectivity index (χ0) is 12.3. The lowest BCUT2D eigenvalue weighted by molar-refractivity contribution is -0.890. The fourth-order valence-corrected chi connectivity index (χ4v) is 2.08. The van der Waals surface area contributed by atoms with Gasteiger partial charge in [0.2, 0.25) is 0 Å². The molecule has 0 amide bonds. The number of hydrogen-bond donors (Lipinski definition) is 1. The molecule has 0 aliphatic carbocycles. The molecular weight excluding hydrogens is 198 g/mol. The highest BCUT2D eigenvalue weighted by atomic mass is 16.2. The molecule has 0 rings (SSSR count). The van der Waals surface area contributed by atoms with Crippen molar-refractivity contribution in [2.75, 3.05) is 33.8 Å². The Morgan fingerprint density at radius 1 is 0.750 bits per heavy atom. The lowest BCUT2D eigenvalue weighted by Crippen LogP contribution is -2.41. The molecule has 0 radical (unpaired) electrons. The van der Waals surface area contributed by atoms with Crippen LogP contribution >= 0.6 is 0 Å². The van der Waals surface area contributed by atoms with Crippen molar-refractivity contribution in [1.82, 2.24) is 0 Å². The fourth-order valence-electron chi connectivity index (χ4n) is 2.08. The van der Waals surface area contributed by atoms with Crippen LogP contribution in [0.25, 0.3) is 0 Å². The van der Waals surface area contributed by atoms with Gasteiger partial charge in [-0.2, -0.15) is 0 Å². The van der Waals surface area contributed by atoms with Crippen LogP contribution in [0.1, 0.15) is 58.3 Å². The van der Waals surface area contributed by atoms with Gasteiger partial charge in [-0.05, 0) is 32.1 Å². The van der Waals surface area contributed by atoms with Crippen molar-refractivity contribution in [2.24, 2.45) is 0 Å². The Morgan fingerprint density at radius 3 is 1.81 bits per heavy atom. The standard InChI is InChI=1S/C14H32NO/c1-4-5-9-12-15(2,3)13-10-7-6-8-11-14-16/h16H,4-14H2,1-3H3/q+1. The summed E-state index contributed by atoms with van der Waals surface area (Å²) in [5.74, 6) is 0. The molecule has 0 unspecified atom stereocenters. The van der Waals surface area contributed by atoms with Gasteiger partial charge in [-0.25, -0.2) is 0 Å². The minimum absolute atomic E-state index is 0.360. The Morgan fingerprint density at radius 2 is 1.25 bits per heavy atom. The van der Waals surface area contributed by atoms with Crippen molar-refractivity contribution >= 4 is 0 Å². The lowest BCUT2D eigenvalue weighted by atomic mass is 10.1. The van der Waals surface area contributed by atoms with E-state index in [0.717, 1.165) is 6.42 Å². The van der Waals surface area contributed by atoms with E-state index < -0.39 is 0 Å². The summed E-state index contributed by atoms with van der Waals surface area (Å²) in [5.41, 5.74) is 0. The predicted molar refractivity (Wildman–Crippen MR) is 71.5 cm³/mol. The Kier molecular flexibility index (Phi) is 10.0. The molecule has 2 heteroatoms. The summed E-state index contributed by atoms with van der Waals surface area (Å²) in [5, 5.41) is 8.67. The molecule has 16 heavy (non-hydrogen) atoms. The second kappa shape index (κ2) is 10.1. The first kappa shape index (κ1) is 15.9. The molecule has 0 aliphatic heterocycles. The van der Waals surface area contributed by atoms with Crippen molar-refractivity contribution in [3.8, 4) is 0 Å². The SMILES string of the molecule is CCCCC[N+](C)(C)CCCCCCCO. The van der Waals surface area contributed by atoms with Crippen molar-refractivity contribution in [3.05, 3.63) is 0 Å². The third-order valence-electron chi connectivity index (χ3n) is 3.29. The highest BCUT2D eigenvalue weighted by molar-refractivity contribution is 4.45. The number of nitrogens with zero attached hydrogens (tertiary/aromatic N) is 1. The molecule has 98 valence electrons. The number of quaternary nitrogens is 1. The van der Waals surface area contributed by atoms with Gasteiger partial charge in [0.1, 0.15) is 0 Å². The summed E-state index contributed by atoms with van der Waals surface area (Å²) in [4.78, 5) is 0. The van der Waals surface area contributed by atoms with E-state index in [1.807, 2.05) is 0 Å². The van der Waals surface area contributed by atoms with Crippen molar-refractivity contribution < 1.29 is 9.59 Å². The minimum Gasteiger partial charge on any atom is -0.396 e. The normalized spacial score (nSPS) is 12.0. The fraction of sp³-hybridized carbons (Fsp3) is 1.00. The van der Waals surface area contributed by atoms with Gasteiger partial charge in [0.25, 0.3) is 0 Å². The molecule has 0 heterocycles. The summed E-state index contributed by atoms with van der Waals surface area (Å²) in [7, 11) is 4.70. The Hall–Kier alpha value is -0.0800. The van der Waals surface area contributed by atoms with E-state index in [2.05, 4.69) is 21.0 Å². The number of aliphatic hydroxyl groups excluding tert-OH is 1. The van der Waals surface area contributed by atoms with E-state index in [1.165, 1.54) is 62.5 Å². The second-order valence-corrected chi connectivity index (χ2v) is 5.58. The van der Waals surface area contributed by atoms with Gasteiger partial charge in [0, 0.05) is 6.61 Å². The van der Waals surface area contributed by atoms with Crippen LogP contribution in [0.15, 0.2) is 0 Å². The van der Waals surface area contributed by atoms with Crippen LogP contribution in [0.5, 0.6) is 0 Å². The first-order chi connectivity index (χ1) is 7.62. The predicted octanol–water partition coefficient (Wildman–Crippen LogP) is 3.20. The summed E-state index contributed by atoms with van der Waals surface area (Å²) in [6, 6.07) is 0. The number of unbranched alkanes of at least 4 members (excludes halogenated alkanes) is 6. The summed E-state index contributed by atoms with van der Waals surface area (Å²) in [6.45, 7) is 5.26. The number of hydrogen-bond acceptors (Lipinski definition) is 1. The molecule has 0 spiro atoms. The van der Waals surface area contributed by atoms with Gasteiger partial charge >= 0.3 is 0 Å². The van der Waals surface area contributed by atoms with Crippen LogP contribution < -0.4 is 0 Å². The van der Waals surface area contributed by atoms with Gasteiger partial charge in [-0.15, -0.1) is 0 Å². The topological polar surface area (TPSA) is 20.2 Å². The van der Waals surface area contributed by atoms with Crippen LogP contribution in [0.3, 0.4) is 0 Å². The zero-order valence-corrected chi connectivity index (χ0v) is 11.7. The smallest absolute Gasteiger partial charge is 0.0782 e. The first-order valence-corrected chi connectivity index (χ1v) is 7.05. The molecule has 0 aromatic rings. The zero-order valence-electron chi connectivity index (χ0n) is 11.7.